The predicted octanol–water partition coefficient (Wildman–Crippen LogP) is 1.59. The van der Waals surface area contributed by atoms with Crippen LogP contribution in [0.15, 0.2) is 34.9 Å². The molecule has 86 valence electrons. The minimum absolute atomic E-state index is 0.583. The lowest BCUT2D eigenvalue weighted by Crippen LogP contribution is -1.88. The van der Waals surface area contributed by atoms with Crippen molar-refractivity contribution in [2.75, 3.05) is 6.26 Å². The van der Waals surface area contributed by atoms with Crippen molar-refractivity contribution in [3.8, 4) is 11.4 Å². The molecule has 0 saturated heterocycles. The molecule has 0 spiro atoms. The van der Waals surface area contributed by atoms with E-state index >= 15 is 0 Å². The molecule has 0 N–H and O–H groups in total. The van der Waals surface area contributed by atoms with Gasteiger partial charge in [-0.1, -0.05) is 17.4 Å². The third-order valence-corrected chi connectivity index (χ3v) is 4.44. The molecule has 0 saturated carbocycles. The summed E-state index contributed by atoms with van der Waals surface area (Å²) in [4.78, 5) is 9.36. The van der Waals surface area contributed by atoms with Gasteiger partial charge in [0.05, 0.1) is 22.7 Å². The summed E-state index contributed by atoms with van der Waals surface area (Å²) in [6, 6.07) is 5.67. The molecule has 1 unspecified atom stereocenters. The second-order valence-corrected chi connectivity index (χ2v) is 5.90. The fourth-order valence-corrected chi connectivity index (χ4v) is 2.95. The Morgan fingerprint density at radius 3 is 2.88 bits per heavy atom. The van der Waals surface area contributed by atoms with Gasteiger partial charge in [0, 0.05) is 12.5 Å². The highest BCUT2D eigenvalue weighted by Gasteiger charge is 2.11. The zero-order valence-electron chi connectivity index (χ0n) is 8.90. The van der Waals surface area contributed by atoms with Gasteiger partial charge in [0.25, 0.3) is 0 Å². The standard InChI is InChI=1S/C10H8N4OS2/c1-17(15)10-13-14-6-8(12-9(14)16-10)7-4-2-3-5-11-7/h2-6H,1H3. The third-order valence-electron chi connectivity index (χ3n) is 2.20. The van der Waals surface area contributed by atoms with Crippen molar-refractivity contribution in [2.24, 2.45) is 0 Å². The van der Waals surface area contributed by atoms with Crippen molar-refractivity contribution >= 4 is 27.1 Å². The molecule has 3 rings (SSSR count). The average Bonchev–Trinajstić information content (AvgIpc) is 2.87. The molecule has 0 aliphatic rings. The molecule has 0 fully saturated rings. The van der Waals surface area contributed by atoms with Crippen molar-refractivity contribution in [1.82, 2.24) is 19.6 Å². The van der Waals surface area contributed by atoms with Gasteiger partial charge in [-0.25, -0.2) is 9.50 Å². The molecular weight excluding hydrogens is 256 g/mol. The van der Waals surface area contributed by atoms with Gasteiger partial charge in [-0.15, -0.1) is 5.10 Å². The molecule has 0 aliphatic carbocycles. The molecule has 7 heteroatoms. The molecular formula is C10H8N4OS2. The minimum Gasteiger partial charge on any atom is -0.255 e. The fourth-order valence-electron chi connectivity index (χ4n) is 1.44. The van der Waals surface area contributed by atoms with Gasteiger partial charge in [0.1, 0.15) is 5.69 Å². The topological polar surface area (TPSA) is 60.2 Å². The maximum Gasteiger partial charge on any atom is 0.213 e. The number of pyridine rings is 1. The first-order chi connectivity index (χ1) is 8.24. The van der Waals surface area contributed by atoms with Crippen LogP contribution < -0.4 is 0 Å². The minimum atomic E-state index is -1.06. The lowest BCUT2D eigenvalue weighted by atomic mass is 10.3. The highest BCUT2D eigenvalue weighted by Crippen LogP contribution is 2.21. The maximum atomic E-state index is 11.3. The third kappa shape index (κ3) is 1.87. The van der Waals surface area contributed by atoms with Crippen LogP contribution in [0.3, 0.4) is 0 Å². The number of nitrogens with zero attached hydrogens (tertiary/aromatic N) is 4. The SMILES string of the molecule is CS(=O)c1nn2cc(-c3ccccn3)nc2s1. The molecule has 17 heavy (non-hydrogen) atoms. The first-order valence-corrected chi connectivity index (χ1v) is 7.22. The molecule has 1 atom stereocenters. The van der Waals surface area contributed by atoms with Crippen LogP contribution in [-0.2, 0) is 10.8 Å². The molecule has 0 bridgehead atoms. The summed E-state index contributed by atoms with van der Waals surface area (Å²) in [7, 11) is -1.06. The number of hydrogen-bond acceptors (Lipinski definition) is 5. The Kier molecular flexibility index (Phi) is 2.49. The molecule has 3 heterocycles. The van der Waals surface area contributed by atoms with Gasteiger partial charge < -0.3 is 0 Å². The summed E-state index contributed by atoms with van der Waals surface area (Å²) in [5, 5.41) is 4.20. The molecule has 0 amide bonds. The average molecular weight is 264 g/mol. The Hall–Kier alpha value is -1.60. The normalized spacial score (nSPS) is 13.0. The van der Waals surface area contributed by atoms with Gasteiger partial charge in [0.15, 0.2) is 0 Å². The second kappa shape index (κ2) is 4.01. The van der Waals surface area contributed by atoms with E-state index in [1.807, 2.05) is 18.2 Å². The maximum absolute atomic E-state index is 11.3. The van der Waals surface area contributed by atoms with Crippen molar-refractivity contribution in [3.05, 3.63) is 30.6 Å². The number of rotatable bonds is 2. The van der Waals surface area contributed by atoms with Crippen LogP contribution in [0.25, 0.3) is 16.3 Å². The molecule has 5 nitrogen and oxygen atoms in total. The van der Waals surface area contributed by atoms with E-state index in [2.05, 4.69) is 15.1 Å². The smallest absolute Gasteiger partial charge is 0.213 e. The van der Waals surface area contributed by atoms with E-state index in [1.54, 1.807) is 23.2 Å². The summed E-state index contributed by atoms with van der Waals surface area (Å²) >= 11 is 1.33. The monoisotopic (exact) mass is 264 g/mol. The van der Waals surface area contributed by atoms with E-state index in [1.165, 1.54) is 11.3 Å². The van der Waals surface area contributed by atoms with Crippen LogP contribution in [0.4, 0.5) is 0 Å². The zero-order valence-corrected chi connectivity index (χ0v) is 10.5. The van der Waals surface area contributed by atoms with Crippen LogP contribution in [0.2, 0.25) is 0 Å². The van der Waals surface area contributed by atoms with Gasteiger partial charge in [-0.2, -0.15) is 0 Å². The first kappa shape index (κ1) is 10.5. The van der Waals surface area contributed by atoms with Crippen molar-refractivity contribution in [3.63, 3.8) is 0 Å². The lowest BCUT2D eigenvalue weighted by molar-refractivity contribution is 0.684. The van der Waals surface area contributed by atoms with Crippen LogP contribution in [-0.4, -0.2) is 30.0 Å². The summed E-state index contributed by atoms with van der Waals surface area (Å²) in [6.07, 6.45) is 5.13. The number of imidazole rings is 1. The number of fused-ring (bicyclic) bond motifs is 1. The Labute approximate surface area is 104 Å². The molecule has 3 aromatic heterocycles. The lowest BCUT2D eigenvalue weighted by Gasteiger charge is -1.91. The van der Waals surface area contributed by atoms with E-state index in [4.69, 9.17) is 0 Å². The van der Waals surface area contributed by atoms with Crippen LogP contribution >= 0.6 is 11.3 Å². The second-order valence-electron chi connectivity index (χ2n) is 3.39. The van der Waals surface area contributed by atoms with E-state index < -0.39 is 10.8 Å². The summed E-state index contributed by atoms with van der Waals surface area (Å²) in [6.45, 7) is 0. The molecule has 0 aliphatic heterocycles. The van der Waals surface area contributed by atoms with Crippen LogP contribution in [0, 0.1) is 0 Å². The highest BCUT2D eigenvalue weighted by molar-refractivity contribution is 7.86. The van der Waals surface area contributed by atoms with Crippen molar-refractivity contribution in [2.45, 2.75) is 4.34 Å². The summed E-state index contributed by atoms with van der Waals surface area (Å²) in [5.74, 6) is 0. The number of hydrogen-bond donors (Lipinski definition) is 0. The van der Waals surface area contributed by atoms with Crippen LogP contribution in [0.5, 0.6) is 0 Å². The Balaban J connectivity index is 2.10. The fraction of sp³-hybridized carbons (Fsp3) is 0.100. The van der Waals surface area contributed by atoms with E-state index in [-0.39, 0.29) is 0 Å². The zero-order chi connectivity index (χ0) is 11.8. The molecule has 0 radical (unpaired) electrons. The quantitative estimate of drug-likeness (QED) is 0.705. The van der Waals surface area contributed by atoms with Gasteiger partial charge in [0.2, 0.25) is 9.30 Å². The van der Waals surface area contributed by atoms with Gasteiger partial charge in [-0.3, -0.25) is 9.19 Å². The van der Waals surface area contributed by atoms with Crippen molar-refractivity contribution in [1.29, 1.82) is 0 Å². The summed E-state index contributed by atoms with van der Waals surface area (Å²) < 4.78 is 13.5. The largest absolute Gasteiger partial charge is 0.255 e. The Morgan fingerprint density at radius 2 is 2.24 bits per heavy atom. The summed E-state index contributed by atoms with van der Waals surface area (Å²) in [5.41, 5.74) is 1.59. The van der Waals surface area contributed by atoms with Crippen LogP contribution in [0.1, 0.15) is 0 Å². The van der Waals surface area contributed by atoms with E-state index in [0.717, 1.165) is 16.3 Å². The van der Waals surface area contributed by atoms with Crippen molar-refractivity contribution < 1.29 is 4.21 Å². The van der Waals surface area contributed by atoms with Gasteiger partial charge >= 0.3 is 0 Å². The first-order valence-electron chi connectivity index (χ1n) is 4.85. The Bertz CT molecular complexity index is 657. The molecule has 0 aromatic carbocycles. The number of aromatic nitrogens is 4. The van der Waals surface area contributed by atoms with E-state index in [9.17, 15) is 4.21 Å². The van der Waals surface area contributed by atoms with E-state index in [0.29, 0.717) is 4.34 Å². The predicted molar refractivity (Wildman–Crippen MR) is 66.4 cm³/mol. The Morgan fingerprint density at radius 1 is 1.35 bits per heavy atom. The highest BCUT2D eigenvalue weighted by atomic mass is 32.2. The van der Waals surface area contributed by atoms with Gasteiger partial charge in [-0.05, 0) is 12.1 Å². The molecule has 3 aromatic rings.